The van der Waals surface area contributed by atoms with E-state index in [1.54, 1.807) is 12.4 Å². The third kappa shape index (κ3) is 2.39. The van der Waals surface area contributed by atoms with E-state index in [1.165, 1.54) is 5.56 Å². The van der Waals surface area contributed by atoms with E-state index in [-0.39, 0.29) is 0 Å². The van der Waals surface area contributed by atoms with Crippen molar-refractivity contribution in [1.29, 1.82) is 0 Å². The normalized spacial score (nSPS) is 12.9. The second-order valence-corrected chi connectivity index (χ2v) is 5.38. The molecule has 0 radical (unpaired) electrons. The van der Waals surface area contributed by atoms with E-state index in [9.17, 15) is 0 Å². The third-order valence-electron chi connectivity index (χ3n) is 3.47. The monoisotopic (exact) mass is 289 g/mol. The summed E-state index contributed by atoms with van der Waals surface area (Å²) in [5.41, 5.74) is 9.84. The minimum Gasteiger partial charge on any atom is -0.493 e. The number of nitrogens with zero attached hydrogens (tertiary/aromatic N) is 2. The zero-order valence-electron chi connectivity index (χ0n) is 11.3. The Morgan fingerprint density at radius 2 is 2.30 bits per heavy atom. The molecule has 0 saturated carbocycles. The molecule has 0 atom stereocenters. The molecule has 1 aromatic carbocycles. The Morgan fingerprint density at radius 3 is 3.10 bits per heavy atom. The number of hydrogen-bond donors (Lipinski definition) is 1. The highest BCUT2D eigenvalue weighted by Gasteiger charge is 2.19. The van der Waals surface area contributed by atoms with Gasteiger partial charge < -0.3 is 15.4 Å². The van der Waals surface area contributed by atoms with Crippen molar-refractivity contribution in [1.82, 2.24) is 4.98 Å². The molecule has 0 fully saturated rings. The third-order valence-corrected chi connectivity index (χ3v) is 3.69. The molecule has 20 heavy (non-hydrogen) atoms. The van der Waals surface area contributed by atoms with Crippen LogP contribution >= 0.6 is 11.6 Å². The number of halogens is 1. The van der Waals surface area contributed by atoms with Crippen LogP contribution in [0.4, 0.5) is 11.4 Å². The van der Waals surface area contributed by atoms with Gasteiger partial charge in [-0.25, -0.2) is 0 Å². The summed E-state index contributed by atoms with van der Waals surface area (Å²) in [4.78, 5) is 6.08. The van der Waals surface area contributed by atoms with Crippen molar-refractivity contribution in [2.45, 2.75) is 13.0 Å². The minimum absolute atomic E-state index is 0.662. The quantitative estimate of drug-likeness (QED) is 0.944. The van der Waals surface area contributed by atoms with Gasteiger partial charge >= 0.3 is 0 Å². The fourth-order valence-corrected chi connectivity index (χ4v) is 2.81. The molecular formula is C15H16ClN3O. The molecule has 4 nitrogen and oxygen atoms in total. The van der Waals surface area contributed by atoms with E-state index in [4.69, 9.17) is 22.1 Å². The fraction of sp³-hybridized carbons (Fsp3) is 0.267. The average molecular weight is 290 g/mol. The Hall–Kier alpha value is -1.94. The molecule has 1 aromatic heterocycles. The van der Waals surface area contributed by atoms with Crippen LogP contribution in [0.25, 0.3) is 0 Å². The molecule has 2 heterocycles. The van der Waals surface area contributed by atoms with Crippen molar-refractivity contribution in [2.75, 3.05) is 24.3 Å². The highest BCUT2D eigenvalue weighted by molar-refractivity contribution is 6.30. The van der Waals surface area contributed by atoms with E-state index in [0.29, 0.717) is 12.2 Å². The predicted octanol–water partition coefficient (Wildman–Crippen LogP) is 2.89. The standard InChI is InChI=1S/C15H16ClN3O/c1-19(14-2-4-18-8-13(14)17)9-11-7-12(16)6-10-3-5-20-15(10)11/h2,4,6-8H,3,5,9,17H2,1H3. The van der Waals surface area contributed by atoms with Gasteiger partial charge in [-0.15, -0.1) is 0 Å². The lowest BCUT2D eigenvalue weighted by Gasteiger charge is -2.22. The van der Waals surface area contributed by atoms with Crippen LogP contribution in [0.5, 0.6) is 5.75 Å². The summed E-state index contributed by atoms with van der Waals surface area (Å²) in [6, 6.07) is 5.84. The summed E-state index contributed by atoms with van der Waals surface area (Å²) in [7, 11) is 1.99. The van der Waals surface area contributed by atoms with E-state index < -0.39 is 0 Å². The lowest BCUT2D eigenvalue weighted by atomic mass is 10.1. The van der Waals surface area contributed by atoms with E-state index in [0.717, 1.165) is 35.1 Å². The lowest BCUT2D eigenvalue weighted by molar-refractivity contribution is 0.353. The smallest absolute Gasteiger partial charge is 0.127 e. The number of rotatable bonds is 3. The van der Waals surface area contributed by atoms with Crippen LogP contribution in [0.1, 0.15) is 11.1 Å². The number of pyridine rings is 1. The number of nitrogen functional groups attached to an aromatic ring is 1. The molecule has 5 heteroatoms. The fourth-order valence-electron chi connectivity index (χ4n) is 2.55. The van der Waals surface area contributed by atoms with Crippen molar-refractivity contribution in [2.24, 2.45) is 0 Å². The van der Waals surface area contributed by atoms with Crippen LogP contribution in [0, 0.1) is 0 Å². The molecule has 104 valence electrons. The SMILES string of the molecule is CN(Cc1cc(Cl)cc2c1OCC2)c1ccncc1N. The zero-order valence-corrected chi connectivity index (χ0v) is 12.0. The first kappa shape index (κ1) is 13.1. The van der Waals surface area contributed by atoms with Gasteiger partial charge in [0.15, 0.2) is 0 Å². The first-order valence-electron chi connectivity index (χ1n) is 6.50. The van der Waals surface area contributed by atoms with Crippen molar-refractivity contribution >= 4 is 23.0 Å². The molecule has 0 aliphatic carbocycles. The number of fused-ring (bicyclic) bond motifs is 1. The molecule has 3 rings (SSSR count). The predicted molar refractivity (Wildman–Crippen MR) is 81.4 cm³/mol. The second kappa shape index (κ2) is 5.21. The summed E-state index contributed by atoms with van der Waals surface area (Å²) in [5.74, 6) is 0.967. The van der Waals surface area contributed by atoms with Gasteiger partial charge in [0, 0.05) is 36.8 Å². The highest BCUT2D eigenvalue weighted by Crippen LogP contribution is 2.34. The topological polar surface area (TPSA) is 51.4 Å². The number of hydrogen-bond acceptors (Lipinski definition) is 4. The number of anilines is 2. The molecule has 0 unspecified atom stereocenters. The summed E-state index contributed by atoms with van der Waals surface area (Å²) in [6.45, 7) is 1.42. The number of benzene rings is 1. The van der Waals surface area contributed by atoms with Gasteiger partial charge in [0.1, 0.15) is 5.75 Å². The summed E-state index contributed by atoms with van der Waals surface area (Å²) >= 11 is 6.18. The Balaban J connectivity index is 1.90. The molecule has 0 saturated heterocycles. The van der Waals surface area contributed by atoms with Crippen molar-refractivity contribution < 1.29 is 4.74 Å². The van der Waals surface area contributed by atoms with E-state index in [1.807, 2.05) is 25.2 Å². The summed E-state index contributed by atoms with van der Waals surface area (Å²) in [6.07, 6.45) is 4.32. The number of aromatic nitrogens is 1. The van der Waals surface area contributed by atoms with Gasteiger partial charge in [0.2, 0.25) is 0 Å². The van der Waals surface area contributed by atoms with Gasteiger partial charge in [-0.05, 0) is 23.8 Å². The van der Waals surface area contributed by atoms with Crippen molar-refractivity contribution in [3.05, 3.63) is 46.7 Å². The molecule has 1 aliphatic rings. The minimum atomic E-state index is 0.662. The van der Waals surface area contributed by atoms with Crippen LogP contribution < -0.4 is 15.4 Å². The molecule has 2 aromatic rings. The van der Waals surface area contributed by atoms with Crippen LogP contribution in [0.2, 0.25) is 5.02 Å². The van der Waals surface area contributed by atoms with Gasteiger partial charge in [0.25, 0.3) is 0 Å². The van der Waals surface area contributed by atoms with E-state index >= 15 is 0 Å². The Morgan fingerprint density at radius 1 is 1.45 bits per heavy atom. The summed E-state index contributed by atoms with van der Waals surface area (Å²) < 4.78 is 5.72. The van der Waals surface area contributed by atoms with Crippen molar-refractivity contribution in [3.8, 4) is 5.75 Å². The van der Waals surface area contributed by atoms with Crippen LogP contribution in [-0.4, -0.2) is 18.6 Å². The first-order valence-corrected chi connectivity index (χ1v) is 6.87. The number of ether oxygens (including phenoxy) is 1. The first-order chi connectivity index (χ1) is 9.65. The van der Waals surface area contributed by atoms with Crippen LogP contribution in [0.3, 0.4) is 0 Å². The van der Waals surface area contributed by atoms with Crippen molar-refractivity contribution in [3.63, 3.8) is 0 Å². The highest BCUT2D eigenvalue weighted by atomic mass is 35.5. The molecule has 0 spiro atoms. The average Bonchev–Trinajstić information content (AvgIpc) is 2.87. The molecule has 1 aliphatic heterocycles. The molecular weight excluding hydrogens is 274 g/mol. The summed E-state index contributed by atoms with van der Waals surface area (Å²) in [5, 5.41) is 0.750. The Kier molecular flexibility index (Phi) is 3.40. The molecule has 0 bridgehead atoms. The maximum Gasteiger partial charge on any atom is 0.127 e. The maximum atomic E-state index is 6.18. The largest absolute Gasteiger partial charge is 0.493 e. The Labute approximate surface area is 123 Å². The van der Waals surface area contributed by atoms with Gasteiger partial charge in [0.05, 0.1) is 24.2 Å². The van der Waals surface area contributed by atoms with Crippen LogP contribution in [0.15, 0.2) is 30.6 Å². The molecule has 0 amide bonds. The molecule has 2 N–H and O–H groups in total. The lowest BCUT2D eigenvalue weighted by Crippen LogP contribution is -2.18. The Bertz CT molecular complexity index is 645. The second-order valence-electron chi connectivity index (χ2n) is 4.94. The van der Waals surface area contributed by atoms with E-state index in [2.05, 4.69) is 9.88 Å². The van der Waals surface area contributed by atoms with Gasteiger partial charge in [-0.2, -0.15) is 0 Å². The number of nitrogens with two attached hydrogens (primary N) is 1. The van der Waals surface area contributed by atoms with Gasteiger partial charge in [-0.1, -0.05) is 11.6 Å². The van der Waals surface area contributed by atoms with Crippen LogP contribution in [-0.2, 0) is 13.0 Å². The van der Waals surface area contributed by atoms with Gasteiger partial charge in [-0.3, -0.25) is 4.98 Å². The maximum absolute atomic E-state index is 6.18. The zero-order chi connectivity index (χ0) is 14.1.